The van der Waals surface area contributed by atoms with Crippen LogP contribution in [-0.4, -0.2) is 49.3 Å². The number of piperidine rings is 2. The maximum Gasteiger partial charge on any atom is 0.251 e. The standard InChI is InChI=1S/C17H25N3O2.ClH/c21-16-8-9-18-12-15(16)19-17(22)13-4-6-14(7-5-13)20-10-2-1-3-11-20;/h4-7,15-16,18,21H,1-3,8-12H2,(H,19,22);1H/t15-,16+;/m0./s1. The highest BCUT2D eigenvalue weighted by atomic mass is 35.5. The van der Waals surface area contributed by atoms with Gasteiger partial charge in [0.25, 0.3) is 5.91 Å². The van der Waals surface area contributed by atoms with Gasteiger partial charge in [-0.2, -0.15) is 0 Å². The number of carbonyl (C=O) groups excluding carboxylic acids is 1. The molecule has 2 atom stereocenters. The van der Waals surface area contributed by atoms with Crippen molar-refractivity contribution in [2.24, 2.45) is 0 Å². The Morgan fingerprint density at radius 3 is 2.52 bits per heavy atom. The van der Waals surface area contributed by atoms with E-state index in [-0.39, 0.29) is 24.4 Å². The van der Waals surface area contributed by atoms with Crippen LogP contribution in [-0.2, 0) is 0 Å². The zero-order chi connectivity index (χ0) is 15.4. The lowest BCUT2D eigenvalue weighted by Crippen LogP contribution is -2.53. The van der Waals surface area contributed by atoms with Crippen molar-refractivity contribution < 1.29 is 9.90 Å². The van der Waals surface area contributed by atoms with Gasteiger partial charge in [0.2, 0.25) is 0 Å². The maximum absolute atomic E-state index is 12.3. The van der Waals surface area contributed by atoms with Gasteiger partial charge in [-0.05, 0) is 56.5 Å². The normalized spacial score (nSPS) is 24.7. The number of nitrogens with one attached hydrogen (secondary N) is 2. The van der Waals surface area contributed by atoms with Gasteiger partial charge in [0.1, 0.15) is 0 Å². The fourth-order valence-corrected chi connectivity index (χ4v) is 3.22. The molecule has 0 spiro atoms. The molecule has 5 nitrogen and oxygen atoms in total. The van der Waals surface area contributed by atoms with Crippen molar-refractivity contribution in [2.45, 2.75) is 37.8 Å². The molecule has 3 N–H and O–H groups in total. The molecule has 2 heterocycles. The first-order valence-electron chi connectivity index (χ1n) is 8.29. The van der Waals surface area contributed by atoms with E-state index in [4.69, 9.17) is 0 Å². The van der Waals surface area contributed by atoms with E-state index in [1.165, 1.54) is 24.9 Å². The quantitative estimate of drug-likeness (QED) is 0.782. The highest BCUT2D eigenvalue weighted by Gasteiger charge is 2.24. The topological polar surface area (TPSA) is 64.6 Å². The van der Waals surface area contributed by atoms with E-state index >= 15 is 0 Å². The summed E-state index contributed by atoms with van der Waals surface area (Å²) < 4.78 is 0. The van der Waals surface area contributed by atoms with Crippen LogP contribution in [0.2, 0.25) is 0 Å². The molecular weight excluding hydrogens is 314 g/mol. The first kappa shape index (κ1) is 18.0. The molecule has 0 bridgehead atoms. The van der Waals surface area contributed by atoms with Crippen LogP contribution in [0.15, 0.2) is 24.3 Å². The molecule has 1 aromatic rings. The summed E-state index contributed by atoms with van der Waals surface area (Å²) in [5, 5.41) is 16.0. The summed E-state index contributed by atoms with van der Waals surface area (Å²) in [7, 11) is 0. The number of nitrogens with zero attached hydrogens (tertiary/aromatic N) is 1. The number of anilines is 1. The van der Waals surface area contributed by atoms with E-state index in [0.717, 1.165) is 19.6 Å². The smallest absolute Gasteiger partial charge is 0.251 e. The predicted molar refractivity (Wildman–Crippen MR) is 94.5 cm³/mol. The summed E-state index contributed by atoms with van der Waals surface area (Å²) in [6.45, 7) is 3.63. The van der Waals surface area contributed by atoms with Crippen LogP contribution in [0.5, 0.6) is 0 Å². The lowest BCUT2D eigenvalue weighted by molar-refractivity contribution is 0.0755. The van der Waals surface area contributed by atoms with E-state index in [0.29, 0.717) is 18.5 Å². The molecule has 1 amide bonds. The molecule has 0 unspecified atom stereocenters. The number of rotatable bonds is 3. The number of hydrogen-bond donors (Lipinski definition) is 3. The molecule has 6 heteroatoms. The number of aliphatic hydroxyl groups is 1. The van der Waals surface area contributed by atoms with E-state index < -0.39 is 6.10 Å². The molecule has 0 aliphatic carbocycles. The number of hydrogen-bond acceptors (Lipinski definition) is 4. The molecule has 3 rings (SSSR count). The second kappa shape index (κ2) is 8.52. The van der Waals surface area contributed by atoms with Crippen LogP contribution in [0.3, 0.4) is 0 Å². The largest absolute Gasteiger partial charge is 0.391 e. The van der Waals surface area contributed by atoms with Gasteiger partial charge in [-0.1, -0.05) is 0 Å². The number of benzene rings is 1. The van der Waals surface area contributed by atoms with Crippen molar-refractivity contribution in [1.29, 1.82) is 0 Å². The van der Waals surface area contributed by atoms with Gasteiger partial charge in [-0.15, -0.1) is 12.4 Å². The summed E-state index contributed by atoms with van der Waals surface area (Å²) in [6, 6.07) is 7.60. The molecule has 2 fully saturated rings. The Hall–Kier alpha value is -1.30. The van der Waals surface area contributed by atoms with E-state index in [2.05, 4.69) is 15.5 Å². The van der Waals surface area contributed by atoms with Gasteiger partial charge in [0, 0.05) is 30.9 Å². The highest BCUT2D eigenvalue weighted by Crippen LogP contribution is 2.20. The number of carbonyl (C=O) groups is 1. The molecule has 128 valence electrons. The first-order chi connectivity index (χ1) is 10.7. The summed E-state index contributed by atoms with van der Waals surface area (Å²) in [5.41, 5.74) is 1.84. The Bertz CT molecular complexity index is 503. The predicted octanol–water partition coefficient (Wildman–Crippen LogP) is 1.55. The minimum Gasteiger partial charge on any atom is -0.391 e. The fraction of sp³-hybridized carbons (Fsp3) is 0.588. The average Bonchev–Trinajstić information content (AvgIpc) is 2.58. The maximum atomic E-state index is 12.3. The SMILES string of the molecule is Cl.O=C(N[C@H]1CNCC[C@H]1O)c1ccc(N2CCCCC2)cc1. The van der Waals surface area contributed by atoms with E-state index in [1.807, 2.05) is 24.3 Å². The molecule has 2 aliphatic heterocycles. The van der Waals surface area contributed by atoms with Crippen molar-refractivity contribution >= 4 is 24.0 Å². The van der Waals surface area contributed by atoms with Crippen molar-refractivity contribution in [3.05, 3.63) is 29.8 Å². The van der Waals surface area contributed by atoms with Crippen molar-refractivity contribution in [2.75, 3.05) is 31.1 Å². The van der Waals surface area contributed by atoms with Gasteiger partial charge in [-0.3, -0.25) is 4.79 Å². The number of halogens is 1. The van der Waals surface area contributed by atoms with Crippen molar-refractivity contribution in [3.8, 4) is 0 Å². The van der Waals surface area contributed by atoms with Gasteiger partial charge >= 0.3 is 0 Å². The molecule has 0 saturated carbocycles. The Balaban J connectivity index is 0.00000192. The molecule has 2 saturated heterocycles. The van der Waals surface area contributed by atoms with Crippen molar-refractivity contribution in [3.63, 3.8) is 0 Å². The van der Waals surface area contributed by atoms with Gasteiger partial charge in [0.05, 0.1) is 12.1 Å². The number of aliphatic hydroxyl groups excluding tert-OH is 1. The second-order valence-electron chi connectivity index (χ2n) is 6.23. The summed E-state index contributed by atoms with van der Waals surface area (Å²) in [6.07, 6.45) is 4.02. The summed E-state index contributed by atoms with van der Waals surface area (Å²) >= 11 is 0. The zero-order valence-electron chi connectivity index (χ0n) is 13.3. The Kier molecular flexibility index (Phi) is 6.69. The molecule has 0 radical (unpaired) electrons. The molecule has 1 aromatic carbocycles. The second-order valence-corrected chi connectivity index (χ2v) is 6.23. The Morgan fingerprint density at radius 2 is 1.87 bits per heavy atom. The Morgan fingerprint density at radius 1 is 1.17 bits per heavy atom. The van der Waals surface area contributed by atoms with E-state index in [9.17, 15) is 9.90 Å². The fourth-order valence-electron chi connectivity index (χ4n) is 3.22. The minimum absolute atomic E-state index is 0. The van der Waals surface area contributed by atoms with Crippen LogP contribution < -0.4 is 15.5 Å². The molecule has 0 aromatic heterocycles. The Labute approximate surface area is 143 Å². The molecular formula is C17H26ClN3O2. The minimum atomic E-state index is -0.460. The van der Waals surface area contributed by atoms with Gasteiger partial charge in [0.15, 0.2) is 0 Å². The monoisotopic (exact) mass is 339 g/mol. The van der Waals surface area contributed by atoms with Gasteiger partial charge < -0.3 is 20.6 Å². The summed E-state index contributed by atoms with van der Waals surface area (Å²) in [4.78, 5) is 14.7. The van der Waals surface area contributed by atoms with Crippen molar-refractivity contribution in [1.82, 2.24) is 10.6 Å². The van der Waals surface area contributed by atoms with Gasteiger partial charge in [-0.25, -0.2) is 0 Å². The van der Waals surface area contributed by atoms with Crippen LogP contribution >= 0.6 is 12.4 Å². The van der Waals surface area contributed by atoms with Crippen LogP contribution in [0.1, 0.15) is 36.0 Å². The lowest BCUT2D eigenvalue weighted by atomic mass is 10.0. The third-order valence-corrected chi connectivity index (χ3v) is 4.61. The molecule has 23 heavy (non-hydrogen) atoms. The third-order valence-electron chi connectivity index (χ3n) is 4.61. The average molecular weight is 340 g/mol. The van der Waals surface area contributed by atoms with E-state index in [1.54, 1.807) is 0 Å². The first-order valence-corrected chi connectivity index (χ1v) is 8.29. The lowest BCUT2D eigenvalue weighted by Gasteiger charge is -2.30. The van der Waals surface area contributed by atoms with Crippen LogP contribution in [0.25, 0.3) is 0 Å². The molecule has 2 aliphatic rings. The summed E-state index contributed by atoms with van der Waals surface area (Å²) in [5.74, 6) is -0.113. The zero-order valence-corrected chi connectivity index (χ0v) is 14.1. The van der Waals surface area contributed by atoms with Crippen LogP contribution in [0, 0.1) is 0 Å². The third kappa shape index (κ3) is 4.59. The highest BCUT2D eigenvalue weighted by molar-refractivity contribution is 5.94. The van der Waals surface area contributed by atoms with Crippen LogP contribution in [0.4, 0.5) is 5.69 Å². The number of amides is 1.